The molecule has 136 valence electrons. The standard InChI is InChI=1S/C19H20ClN3O3/c1-23-10-14(19(25)26)16(11-23)21-17(24)8-7-13-9-15(22-18(13)20)12-5-3-2-4-6-12/h2-6,10-11,13,18H,7-9H2,1H3,(H,21,24)(H,25,26). The first-order chi connectivity index (χ1) is 12.4. The lowest BCUT2D eigenvalue weighted by Crippen LogP contribution is -2.17. The second kappa shape index (κ2) is 7.74. The number of carbonyl (C=O) groups is 2. The fraction of sp³-hybridized carbons (Fsp3) is 0.316. The van der Waals surface area contributed by atoms with E-state index < -0.39 is 5.97 Å². The quantitative estimate of drug-likeness (QED) is 0.600. The Hall–Kier alpha value is -2.60. The summed E-state index contributed by atoms with van der Waals surface area (Å²) in [7, 11) is 1.71. The highest BCUT2D eigenvalue weighted by Crippen LogP contribution is 2.31. The van der Waals surface area contributed by atoms with Crippen molar-refractivity contribution in [1.82, 2.24) is 4.57 Å². The predicted molar refractivity (Wildman–Crippen MR) is 101 cm³/mol. The number of anilines is 1. The Morgan fingerprint density at radius 3 is 2.73 bits per heavy atom. The first-order valence-corrected chi connectivity index (χ1v) is 8.83. The lowest BCUT2D eigenvalue weighted by atomic mass is 9.96. The van der Waals surface area contributed by atoms with Gasteiger partial charge in [-0.1, -0.05) is 41.9 Å². The molecule has 0 saturated carbocycles. The van der Waals surface area contributed by atoms with Crippen LogP contribution in [0.3, 0.4) is 0 Å². The summed E-state index contributed by atoms with van der Waals surface area (Å²) in [5.41, 5.74) is 2.06. The van der Waals surface area contributed by atoms with Crippen LogP contribution < -0.4 is 5.32 Å². The molecule has 7 heteroatoms. The number of amides is 1. The average molecular weight is 374 g/mol. The number of hydrogen-bond donors (Lipinski definition) is 2. The molecule has 0 fully saturated rings. The number of aliphatic imine (C=N–C) groups is 1. The van der Waals surface area contributed by atoms with Crippen molar-refractivity contribution in [2.45, 2.75) is 24.8 Å². The summed E-state index contributed by atoms with van der Waals surface area (Å²) in [5, 5.41) is 11.8. The second-order valence-corrected chi connectivity index (χ2v) is 6.87. The van der Waals surface area contributed by atoms with Crippen LogP contribution in [0.1, 0.15) is 35.2 Å². The Kier molecular flexibility index (Phi) is 5.42. The van der Waals surface area contributed by atoms with E-state index >= 15 is 0 Å². The van der Waals surface area contributed by atoms with Crippen LogP contribution in [0.5, 0.6) is 0 Å². The lowest BCUT2D eigenvalue weighted by molar-refractivity contribution is -0.116. The van der Waals surface area contributed by atoms with Crippen LogP contribution in [0.2, 0.25) is 0 Å². The van der Waals surface area contributed by atoms with Gasteiger partial charge in [-0.3, -0.25) is 9.79 Å². The van der Waals surface area contributed by atoms with Crippen LogP contribution in [-0.4, -0.2) is 32.8 Å². The Balaban J connectivity index is 1.55. The van der Waals surface area contributed by atoms with Gasteiger partial charge in [0.1, 0.15) is 11.1 Å². The molecular weight excluding hydrogens is 354 g/mol. The Labute approximate surface area is 156 Å². The van der Waals surface area contributed by atoms with Crippen LogP contribution in [-0.2, 0) is 11.8 Å². The Bertz CT molecular complexity index is 845. The number of hydrogen-bond acceptors (Lipinski definition) is 3. The summed E-state index contributed by atoms with van der Waals surface area (Å²) in [6, 6.07) is 9.87. The SMILES string of the molecule is Cn1cc(NC(=O)CCC2CC(c3ccccc3)=NC2Cl)c(C(=O)O)c1. The van der Waals surface area contributed by atoms with Crippen LogP contribution in [0, 0.1) is 5.92 Å². The number of halogens is 1. The largest absolute Gasteiger partial charge is 0.478 e. The number of nitrogens with one attached hydrogen (secondary N) is 1. The molecule has 26 heavy (non-hydrogen) atoms. The molecule has 1 aromatic carbocycles. The molecule has 1 amide bonds. The molecule has 0 bridgehead atoms. The molecular formula is C19H20ClN3O3. The third-order valence-electron chi connectivity index (χ3n) is 4.43. The van der Waals surface area contributed by atoms with Gasteiger partial charge in [-0.15, -0.1) is 0 Å². The van der Waals surface area contributed by atoms with Crippen molar-refractivity contribution >= 4 is 34.9 Å². The number of carboxylic acid groups (broad SMARTS) is 1. The zero-order valence-electron chi connectivity index (χ0n) is 14.4. The second-order valence-electron chi connectivity index (χ2n) is 6.42. The van der Waals surface area contributed by atoms with Crippen molar-refractivity contribution in [1.29, 1.82) is 0 Å². The minimum absolute atomic E-state index is 0.0756. The lowest BCUT2D eigenvalue weighted by Gasteiger charge is -2.12. The number of carbonyl (C=O) groups excluding carboxylic acids is 1. The number of aryl methyl sites for hydroxylation is 1. The summed E-state index contributed by atoms with van der Waals surface area (Å²) >= 11 is 6.34. The molecule has 0 radical (unpaired) electrons. The zero-order valence-corrected chi connectivity index (χ0v) is 15.1. The maximum atomic E-state index is 12.2. The Morgan fingerprint density at radius 1 is 1.31 bits per heavy atom. The van der Waals surface area contributed by atoms with Crippen LogP contribution in [0.4, 0.5) is 5.69 Å². The average Bonchev–Trinajstić information content (AvgIpc) is 3.16. The molecule has 2 aromatic rings. The smallest absolute Gasteiger partial charge is 0.339 e. The van der Waals surface area contributed by atoms with Gasteiger partial charge in [0, 0.05) is 37.5 Å². The van der Waals surface area contributed by atoms with E-state index in [4.69, 9.17) is 16.7 Å². The highest BCUT2D eigenvalue weighted by molar-refractivity contribution is 6.23. The number of rotatable bonds is 6. The van der Waals surface area contributed by atoms with Gasteiger partial charge in [0.25, 0.3) is 0 Å². The van der Waals surface area contributed by atoms with Gasteiger partial charge >= 0.3 is 5.97 Å². The molecule has 6 nitrogen and oxygen atoms in total. The molecule has 2 N–H and O–H groups in total. The van der Waals surface area contributed by atoms with Gasteiger partial charge in [-0.2, -0.15) is 0 Å². The van der Waals surface area contributed by atoms with E-state index in [1.54, 1.807) is 17.8 Å². The van der Waals surface area contributed by atoms with E-state index in [2.05, 4.69) is 10.3 Å². The van der Waals surface area contributed by atoms with E-state index in [1.807, 2.05) is 30.3 Å². The first-order valence-electron chi connectivity index (χ1n) is 8.39. The van der Waals surface area contributed by atoms with Gasteiger partial charge in [-0.05, 0) is 18.4 Å². The molecule has 1 aliphatic rings. The fourth-order valence-corrected chi connectivity index (χ4v) is 3.43. The van der Waals surface area contributed by atoms with Crippen molar-refractivity contribution in [3.8, 4) is 0 Å². The topological polar surface area (TPSA) is 83.7 Å². The van der Waals surface area contributed by atoms with Crippen molar-refractivity contribution < 1.29 is 14.7 Å². The molecule has 0 saturated heterocycles. The van der Waals surface area contributed by atoms with Crippen molar-refractivity contribution in [2.24, 2.45) is 18.0 Å². The van der Waals surface area contributed by atoms with E-state index in [0.29, 0.717) is 12.1 Å². The number of nitrogens with zero attached hydrogens (tertiary/aromatic N) is 2. The van der Waals surface area contributed by atoms with Crippen LogP contribution in [0.25, 0.3) is 0 Å². The molecule has 2 unspecified atom stereocenters. The van der Waals surface area contributed by atoms with Crippen molar-refractivity contribution in [3.05, 3.63) is 53.9 Å². The third-order valence-corrected chi connectivity index (χ3v) is 4.89. The van der Waals surface area contributed by atoms with Crippen LogP contribution in [0.15, 0.2) is 47.7 Å². The maximum Gasteiger partial charge on any atom is 0.339 e. The molecule has 1 aliphatic heterocycles. The van der Waals surface area contributed by atoms with E-state index in [-0.39, 0.29) is 29.3 Å². The highest BCUT2D eigenvalue weighted by atomic mass is 35.5. The predicted octanol–water partition coefficient (Wildman–Crippen LogP) is 3.52. The molecule has 3 rings (SSSR count). The molecule has 0 spiro atoms. The summed E-state index contributed by atoms with van der Waals surface area (Å²) in [4.78, 5) is 27.9. The van der Waals surface area contributed by atoms with Crippen molar-refractivity contribution in [2.75, 3.05) is 5.32 Å². The third kappa shape index (κ3) is 4.14. The van der Waals surface area contributed by atoms with Crippen LogP contribution >= 0.6 is 11.6 Å². The van der Waals surface area contributed by atoms with Gasteiger partial charge in [0.2, 0.25) is 5.91 Å². The number of aromatic carboxylic acids is 1. The maximum absolute atomic E-state index is 12.2. The number of aromatic nitrogens is 1. The first kappa shape index (κ1) is 18.2. The van der Waals surface area contributed by atoms with E-state index in [0.717, 1.165) is 17.7 Å². The summed E-state index contributed by atoms with van der Waals surface area (Å²) in [6.07, 6.45) is 4.63. The van der Waals surface area contributed by atoms with Gasteiger partial charge in [0.05, 0.1) is 5.69 Å². The molecule has 1 aromatic heterocycles. The molecule has 2 atom stereocenters. The summed E-state index contributed by atoms with van der Waals surface area (Å²) < 4.78 is 1.60. The summed E-state index contributed by atoms with van der Waals surface area (Å²) in [5.74, 6) is -1.21. The fourth-order valence-electron chi connectivity index (χ4n) is 3.10. The van der Waals surface area contributed by atoms with Gasteiger partial charge in [-0.25, -0.2) is 4.79 Å². The normalized spacial score (nSPS) is 19.2. The van der Waals surface area contributed by atoms with Crippen molar-refractivity contribution in [3.63, 3.8) is 0 Å². The monoisotopic (exact) mass is 373 g/mol. The molecule has 2 heterocycles. The summed E-state index contributed by atoms with van der Waals surface area (Å²) in [6.45, 7) is 0. The van der Waals surface area contributed by atoms with Gasteiger partial charge in [0.15, 0.2) is 0 Å². The zero-order chi connectivity index (χ0) is 18.7. The number of benzene rings is 1. The highest BCUT2D eigenvalue weighted by Gasteiger charge is 2.28. The van der Waals surface area contributed by atoms with E-state index in [9.17, 15) is 9.59 Å². The minimum Gasteiger partial charge on any atom is -0.478 e. The number of alkyl halides is 1. The van der Waals surface area contributed by atoms with Gasteiger partial charge < -0.3 is 15.0 Å². The Morgan fingerprint density at radius 2 is 2.04 bits per heavy atom. The van der Waals surface area contributed by atoms with E-state index in [1.165, 1.54) is 6.20 Å². The minimum atomic E-state index is -1.07. The molecule has 0 aliphatic carbocycles. The number of carboxylic acids is 1.